The average molecular weight is 364 g/mol. The van der Waals surface area contributed by atoms with Crippen LogP contribution in [0.4, 0.5) is 0 Å². The van der Waals surface area contributed by atoms with Crippen molar-refractivity contribution in [1.82, 2.24) is 4.90 Å². The van der Waals surface area contributed by atoms with Gasteiger partial charge in [0.1, 0.15) is 5.84 Å². The van der Waals surface area contributed by atoms with Crippen LogP contribution in [0.3, 0.4) is 0 Å². The zero-order valence-electron chi connectivity index (χ0n) is 17.7. The van der Waals surface area contributed by atoms with E-state index in [-0.39, 0.29) is 6.17 Å². The maximum atomic E-state index is 5.99. The predicted octanol–water partition coefficient (Wildman–Crippen LogP) is 6.43. The molecule has 0 saturated heterocycles. The van der Waals surface area contributed by atoms with Gasteiger partial charge in [-0.25, -0.2) is 0 Å². The van der Waals surface area contributed by atoms with E-state index in [4.69, 9.17) is 5.73 Å². The zero-order chi connectivity index (χ0) is 18.9. The number of nitrogens with zero attached hydrogens (tertiary/aromatic N) is 2. The number of rotatable bonds is 17. The van der Waals surface area contributed by atoms with Gasteiger partial charge in [-0.2, -0.15) is 0 Å². The number of hydrogen-bond acceptors (Lipinski definition) is 3. The maximum Gasteiger partial charge on any atom is 0.100 e. The van der Waals surface area contributed by atoms with E-state index >= 15 is 0 Å². The fourth-order valence-corrected chi connectivity index (χ4v) is 3.70. The summed E-state index contributed by atoms with van der Waals surface area (Å²) in [5.74, 6) is 1.25. The highest BCUT2D eigenvalue weighted by molar-refractivity contribution is 5.83. The summed E-state index contributed by atoms with van der Waals surface area (Å²) in [6.07, 6.45) is 25.1. The average Bonchev–Trinajstić information content (AvgIpc) is 3.10. The molecule has 3 heteroatoms. The van der Waals surface area contributed by atoms with E-state index in [1.807, 2.05) is 0 Å². The number of amidine groups is 1. The van der Waals surface area contributed by atoms with E-state index in [0.29, 0.717) is 0 Å². The molecule has 2 N–H and O–H groups in total. The molecule has 0 radical (unpaired) electrons. The first-order valence-electron chi connectivity index (χ1n) is 11.5. The van der Waals surface area contributed by atoms with Crippen LogP contribution in [-0.2, 0) is 0 Å². The number of allylic oxidation sites excluding steroid dienone is 2. The van der Waals surface area contributed by atoms with Gasteiger partial charge in [0.2, 0.25) is 0 Å². The molecular formula is C23H45N3. The molecule has 0 spiro atoms. The SMILES string of the molecule is CCCCC/C=C/CCCCCCCCCCCC1=NCCN1C(C)N. The van der Waals surface area contributed by atoms with Gasteiger partial charge in [-0.05, 0) is 39.0 Å². The molecule has 1 unspecified atom stereocenters. The largest absolute Gasteiger partial charge is 0.343 e. The molecule has 1 aliphatic heterocycles. The van der Waals surface area contributed by atoms with E-state index in [1.54, 1.807) is 0 Å². The van der Waals surface area contributed by atoms with Gasteiger partial charge >= 0.3 is 0 Å². The van der Waals surface area contributed by atoms with E-state index < -0.39 is 0 Å². The molecule has 0 amide bonds. The summed E-state index contributed by atoms with van der Waals surface area (Å²) in [5.41, 5.74) is 5.99. The third-order valence-electron chi connectivity index (χ3n) is 5.37. The third-order valence-corrected chi connectivity index (χ3v) is 5.37. The van der Waals surface area contributed by atoms with Gasteiger partial charge in [0.15, 0.2) is 0 Å². The molecule has 3 nitrogen and oxygen atoms in total. The highest BCUT2D eigenvalue weighted by atomic mass is 15.3. The minimum atomic E-state index is 0.118. The van der Waals surface area contributed by atoms with Crippen molar-refractivity contribution in [2.75, 3.05) is 13.1 Å². The van der Waals surface area contributed by atoms with Crippen LogP contribution < -0.4 is 5.73 Å². The van der Waals surface area contributed by atoms with Gasteiger partial charge in [-0.3, -0.25) is 4.99 Å². The molecule has 0 aromatic carbocycles. The molecule has 0 aromatic heterocycles. The quantitative estimate of drug-likeness (QED) is 0.239. The summed E-state index contributed by atoms with van der Waals surface area (Å²) in [6, 6.07) is 0. The fourth-order valence-electron chi connectivity index (χ4n) is 3.70. The van der Waals surface area contributed by atoms with Gasteiger partial charge < -0.3 is 10.6 Å². The van der Waals surface area contributed by atoms with E-state index in [1.165, 1.54) is 95.7 Å². The second kappa shape index (κ2) is 16.4. The number of hydrogen-bond donors (Lipinski definition) is 1. The lowest BCUT2D eigenvalue weighted by molar-refractivity contribution is 0.358. The molecule has 1 atom stereocenters. The minimum Gasteiger partial charge on any atom is -0.343 e. The van der Waals surface area contributed by atoms with Gasteiger partial charge in [0.25, 0.3) is 0 Å². The lowest BCUT2D eigenvalue weighted by Crippen LogP contribution is -2.41. The van der Waals surface area contributed by atoms with E-state index in [0.717, 1.165) is 19.5 Å². The summed E-state index contributed by atoms with van der Waals surface area (Å²) in [6.45, 7) is 6.28. The smallest absolute Gasteiger partial charge is 0.100 e. The van der Waals surface area contributed by atoms with E-state index in [2.05, 4.69) is 35.9 Å². The summed E-state index contributed by atoms with van der Waals surface area (Å²) < 4.78 is 0. The van der Waals surface area contributed by atoms with Crippen LogP contribution in [0.15, 0.2) is 17.1 Å². The first-order chi connectivity index (χ1) is 12.8. The molecule has 1 heterocycles. The van der Waals surface area contributed by atoms with Gasteiger partial charge in [-0.1, -0.05) is 76.9 Å². The Kier molecular flexibility index (Phi) is 14.6. The van der Waals surface area contributed by atoms with Crippen LogP contribution >= 0.6 is 0 Å². The van der Waals surface area contributed by atoms with Crippen molar-refractivity contribution in [3.63, 3.8) is 0 Å². The van der Waals surface area contributed by atoms with Crippen molar-refractivity contribution in [1.29, 1.82) is 0 Å². The molecule has 0 aliphatic carbocycles. The van der Waals surface area contributed by atoms with Crippen molar-refractivity contribution in [2.24, 2.45) is 10.7 Å². The highest BCUT2D eigenvalue weighted by Crippen LogP contribution is 2.14. The topological polar surface area (TPSA) is 41.6 Å². The molecule has 1 aliphatic rings. The van der Waals surface area contributed by atoms with Crippen LogP contribution in [-0.4, -0.2) is 30.0 Å². The number of nitrogens with two attached hydrogens (primary N) is 1. The Morgan fingerprint density at radius 2 is 1.42 bits per heavy atom. The molecular weight excluding hydrogens is 318 g/mol. The molecule has 0 saturated carbocycles. The van der Waals surface area contributed by atoms with Crippen molar-refractivity contribution in [2.45, 2.75) is 116 Å². The lowest BCUT2D eigenvalue weighted by Gasteiger charge is -2.24. The van der Waals surface area contributed by atoms with Crippen LogP contribution in [0.25, 0.3) is 0 Å². The Morgan fingerprint density at radius 1 is 0.885 bits per heavy atom. The molecule has 152 valence electrons. The molecule has 1 rings (SSSR count). The van der Waals surface area contributed by atoms with Gasteiger partial charge in [-0.15, -0.1) is 0 Å². The number of aliphatic imine (C=N–C) groups is 1. The van der Waals surface area contributed by atoms with E-state index in [9.17, 15) is 0 Å². The molecule has 0 bridgehead atoms. The summed E-state index contributed by atoms with van der Waals surface area (Å²) in [4.78, 5) is 6.87. The third kappa shape index (κ3) is 11.7. The monoisotopic (exact) mass is 363 g/mol. The minimum absolute atomic E-state index is 0.118. The zero-order valence-corrected chi connectivity index (χ0v) is 17.7. The van der Waals surface area contributed by atoms with Crippen molar-refractivity contribution < 1.29 is 0 Å². The second-order valence-electron chi connectivity index (χ2n) is 7.92. The summed E-state index contributed by atoms with van der Waals surface area (Å²) in [7, 11) is 0. The Balaban J connectivity index is 1.80. The van der Waals surface area contributed by atoms with Crippen molar-refractivity contribution in [3.05, 3.63) is 12.2 Å². The van der Waals surface area contributed by atoms with Crippen LogP contribution in [0, 0.1) is 0 Å². The Labute approximate surface area is 163 Å². The first kappa shape index (κ1) is 23.2. The summed E-state index contributed by atoms with van der Waals surface area (Å²) in [5, 5.41) is 0. The summed E-state index contributed by atoms with van der Waals surface area (Å²) >= 11 is 0. The molecule has 26 heavy (non-hydrogen) atoms. The molecule has 0 fully saturated rings. The van der Waals surface area contributed by atoms with Crippen LogP contribution in [0.1, 0.15) is 110 Å². The van der Waals surface area contributed by atoms with Crippen LogP contribution in [0.5, 0.6) is 0 Å². The fraction of sp³-hybridized carbons (Fsp3) is 0.870. The Bertz CT molecular complexity index is 374. The Hall–Kier alpha value is -0.830. The normalized spacial score (nSPS) is 15.8. The van der Waals surface area contributed by atoms with Gasteiger partial charge in [0, 0.05) is 13.0 Å². The highest BCUT2D eigenvalue weighted by Gasteiger charge is 2.18. The molecule has 0 aromatic rings. The van der Waals surface area contributed by atoms with Crippen molar-refractivity contribution >= 4 is 5.84 Å². The maximum absolute atomic E-state index is 5.99. The Morgan fingerprint density at radius 3 is 2.00 bits per heavy atom. The second-order valence-corrected chi connectivity index (χ2v) is 7.92. The predicted molar refractivity (Wildman–Crippen MR) is 117 cm³/mol. The lowest BCUT2D eigenvalue weighted by atomic mass is 10.1. The first-order valence-corrected chi connectivity index (χ1v) is 11.5. The van der Waals surface area contributed by atoms with Crippen LogP contribution in [0.2, 0.25) is 0 Å². The van der Waals surface area contributed by atoms with Crippen molar-refractivity contribution in [3.8, 4) is 0 Å². The van der Waals surface area contributed by atoms with Gasteiger partial charge in [0.05, 0.1) is 12.7 Å². The standard InChI is InChI=1S/C23H45N3/c1-3-4-5-6-7-8-9-10-11-12-13-14-15-16-17-18-19-23-25-20-21-26(23)22(2)24/h7-8,22H,3-6,9-21,24H2,1-2H3/b8-7+. The number of unbranched alkanes of at least 4 members (excludes halogenated alkanes) is 12.